The third-order valence-corrected chi connectivity index (χ3v) is 7.38. The maximum atomic E-state index is 9.90. The van der Waals surface area contributed by atoms with Gasteiger partial charge in [-0.1, -0.05) is 62.4 Å². The fourth-order valence-electron chi connectivity index (χ4n) is 5.20. The molecule has 0 aliphatic heterocycles. The van der Waals surface area contributed by atoms with Crippen LogP contribution in [0.1, 0.15) is 56.6 Å². The number of nitrogens with one attached hydrogen (secondary N) is 2. The van der Waals surface area contributed by atoms with Gasteiger partial charge >= 0.3 is 0 Å². The van der Waals surface area contributed by atoms with Gasteiger partial charge in [0.25, 0.3) is 0 Å². The number of benzene rings is 2. The number of aliphatic hydroxyl groups is 1. The summed E-state index contributed by atoms with van der Waals surface area (Å²) in [6, 6.07) is 20.9. The van der Waals surface area contributed by atoms with E-state index in [4.69, 9.17) is 15.0 Å². The highest BCUT2D eigenvalue weighted by molar-refractivity contribution is 5.82. The molecule has 194 valence electrons. The van der Waals surface area contributed by atoms with Crippen molar-refractivity contribution in [1.29, 1.82) is 0 Å². The van der Waals surface area contributed by atoms with E-state index < -0.39 is 0 Å². The van der Waals surface area contributed by atoms with Gasteiger partial charge in [0.15, 0.2) is 5.65 Å². The van der Waals surface area contributed by atoms with Gasteiger partial charge in [0, 0.05) is 29.1 Å². The number of fused-ring (bicyclic) bond motifs is 2. The highest BCUT2D eigenvalue weighted by Crippen LogP contribution is 2.27. The molecule has 0 atom stereocenters. The summed E-state index contributed by atoms with van der Waals surface area (Å²) < 4.78 is 1.79. The van der Waals surface area contributed by atoms with Crippen LogP contribution >= 0.6 is 0 Å². The van der Waals surface area contributed by atoms with Gasteiger partial charge in [-0.05, 0) is 49.3 Å². The molecule has 1 aliphatic rings. The molecule has 38 heavy (non-hydrogen) atoms. The summed E-state index contributed by atoms with van der Waals surface area (Å²) in [6.45, 7) is 4.85. The van der Waals surface area contributed by atoms with Crippen molar-refractivity contribution in [3.63, 3.8) is 0 Å². The molecule has 6 rings (SSSR count). The molecule has 0 unspecified atom stereocenters. The molecular formula is C30H33N7O. The van der Waals surface area contributed by atoms with Crippen LogP contribution in [0.4, 0.5) is 11.9 Å². The summed E-state index contributed by atoms with van der Waals surface area (Å²) in [5.74, 6) is 1.52. The SMILES string of the molecule is CC(C)c1cnn2c(NCc3ccccc3-c3ccc4ccccc4n3)nc(N[C@H]3CC[C@H](O)CC3)nc12. The lowest BCUT2D eigenvalue weighted by molar-refractivity contribution is 0.126. The van der Waals surface area contributed by atoms with Gasteiger partial charge in [-0.2, -0.15) is 19.6 Å². The van der Waals surface area contributed by atoms with Crippen LogP contribution in [0.25, 0.3) is 27.8 Å². The fourth-order valence-corrected chi connectivity index (χ4v) is 5.20. The maximum absolute atomic E-state index is 9.90. The van der Waals surface area contributed by atoms with Crippen molar-refractivity contribution < 1.29 is 5.11 Å². The van der Waals surface area contributed by atoms with Crippen LogP contribution in [0.2, 0.25) is 0 Å². The normalized spacial score (nSPS) is 17.8. The predicted molar refractivity (Wildman–Crippen MR) is 151 cm³/mol. The minimum atomic E-state index is -0.201. The molecule has 1 fully saturated rings. The van der Waals surface area contributed by atoms with Crippen molar-refractivity contribution >= 4 is 28.4 Å². The van der Waals surface area contributed by atoms with Gasteiger partial charge in [-0.25, -0.2) is 4.98 Å². The monoisotopic (exact) mass is 507 g/mol. The molecule has 2 aromatic carbocycles. The zero-order valence-corrected chi connectivity index (χ0v) is 21.8. The topological polar surface area (TPSA) is 100 Å². The number of anilines is 2. The molecule has 3 aromatic heterocycles. The Bertz CT molecular complexity index is 1570. The van der Waals surface area contributed by atoms with E-state index in [0.717, 1.165) is 64.6 Å². The smallest absolute Gasteiger partial charge is 0.229 e. The van der Waals surface area contributed by atoms with Crippen LogP contribution in [0.3, 0.4) is 0 Å². The average Bonchev–Trinajstić information content (AvgIpc) is 3.37. The first kappa shape index (κ1) is 24.3. The van der Waals surface area contributed by atoms with E-state index >= 15 is 0 Å². The first-order valence-electron chi connectivity index (χ1n) is 13.4. The Balaban J connectivity index is 1.31. The fraction of sp³-hybridized carbons (Fsp3) is 0.333. The summed E-state index contributed by atoms with van der Waals surface area (Å²) in [6.07, 6.45) is 5.09. The molecule has 0 bridgehead atoms. The van der Waals surface area contributed by atoms with E-state index in [-0.39, 0.29) is 18.1 Å². The largest absolute Gasteiger partial charge is 0.393 e. The average molecular weight is 508 g/mol. The first-order valence-corrected chi connectivity index (χ1v) is 13.4. The van der Waals surface area contributed by atoms with Crippen molar-refractivity contribution in [2.24, 2.45) is 0 Å². The zero-order valence-electron chi connectivity index (χ0n) is 21.8. The Hall–Kier alpha value is -4.04. The van der Waals surface area contributed by atoms with E-state index in [1.807, 2.05) is 36.5 Å². The molecule has 3 N–H and O–H groups in total. The summed E-state index contributed by atoms with van der Waals surface area (Å²) >= 11 is 0. The summed E-state index contributed by atoms with van der Waals surface area (Å²) in [5, 5.41) is 22.7. The second-order valence-corrected chi connectivity index (χ2v) is 10.4. The van der Waals surface area contributed by atoms with Crippen LogP contribution < -0.4 is 10.6 Å². The predicted octanol–water partition coefficient (Wildman–Crippen LogP) is 5.79. The molecule has 0 saturated heterocycles. The number of para-hydroxylation sites is 1. The lowest BCUT2D eigenvalue weighted by Gasteiger charge is -2.26. The Labute approximate surface area is 222 Å². The van der Waals surface area contributed by atoms with Crippen LogP contribution in [0.15, 0.2) is 66.9 Å². The molecule has 0 radical (unpaired) electrons. The van der Waals surface area contributed by atoms with Crippen molar-refractivity contribution in [2.75, 3.05) is 10.6 Å². The van der Waals surface area contributed by atoms with Gasteiger partial charge in [0.1, 0.15) is 0 Å². The summed E-state index contributed by atoms with van der Waals surface area (Å²) in [5.41, 5.74) is 6.01. The molecular weight excluding hydrogens is 474 g/mol. The van der Waals surface area contributed by atoms with Gasteiger partial charge in [0.05, 0.1) is 23.5 Å². The van der Waals surface area contributed by atoms with E-state index in [2.05, 4.69) is 59.9 Å². The van der Waals surface area contributed by atoms with Crippen LogP contribution in [-0.2, 0) is 6.54 Å². The van der Waals surface area contributed by atoms with Crippen molar-refractivity contribution in [2.45, 2.75) is 64.1 Å². The number of aromatic nitrogens is 5. The van der Waals surface area contributed by atoms with Crippen molar-refractivity contribution in [1.82, 2.24) is 24.6 Å². The Morgan fingerprint density at radius 3 is 2.55 bits per heavy atom. The standard InChI is InChI=1S/C30H33N7O/c1-19(2)25-18-32-37-28(25)35-29(33-22-12-14-23(38)15-13-22)36-30(37)31-17-21-8-3-5-9-24(21)27-16-11-20-7-4-6-10-26(20)34-27/h3-11,16,18-19,22-23,38H,12-15,17H2,1-2H3,(H2,31,33,35,36)/t22-,23-. The Morgan fingerprint density at radius 1 is 0.921 bits per heavy atom. The van der Waals surface area contributed by atoms with Gasteiger partial charge in [0.2, 0.25) is 11.9 Å². The number of pyridine rings is 1. The van der Waals surface area contributed by atoms with E-state index in [1.54, 1.807) is 4.52 Å². The molecule has 0 amide bonds. The molecule has 1 saturated carbocycles. The van der Waals surface area contributed by atoms with E-state index in [0.29, 0.717) is 18.4 Å². The number of hydrogen-bond donors (Lipinski definition) is 3. The number of nitrogens with zero attached hydrogens (tertiary/aromatic N) is 5. The molecule has 5 aromatic rings. The molecule has 8 heteroatoms. The first-order chi connectivity index (χ1) is 18.5. The molecule has 0 spiro atoms. The summed E-state index contributed by atoms with van der Waals surface area (Å²) in [4.78, 5) is 14.6. The molecule has 8 nitrogen and oxygen atoms in total. The Morgan fingerprint density at radius 2 is 1.71 bits per heavy atom. The second-order valence-electron chi connectivity index (χ2n) is 10.4. The lowest BCUT2D eigenvalue weighted by atomic mass is 9.93. The zero-order chi connectivity index (χ0) is 26.1. The Kier molecular flexibility index (Phi) is 6.64. The van der Waals surface area contributed by atoms with E-state index in [1.165, 1.54) is 0 Å². The van der Waals surface area contributed by atoms with Crippen LogP contribution in [0.5, 0.6) is 0 Å². The molecule has 1 aliphatic carbocycles. The van der Waals surface area contributed by atoms with Crippen molar-refractivity contribution in [3.8, 4) is 11.3 Å². The minimum Gasteiger partial charge on any atom is -0.393 e. The van der Waals surface area contributed by atoms with Crippen LogP contribution in [-0.4, -0.2) is 41.8 Å². The highest BCUT2D eigenvalue weighted by atomic mass is 16.3. The molecule has 3 heterocycles. The summed E-state index contributed by atoms with van der Waals surface area (Å²) in [7, 11) is 0. The van der Waals surface area contributed by atoms with Gasteiger partial charge in [-0.15, -0.1) is 0 Å². The van der Waals surface area contributed by atoms with Crippen LogP contribution in [0, 0.1) is 0 Å². The quantitative estimate of drug-likeness (QED) is 0.256. The number of rotatable bonds is 7. The lowest BCUT2D eigenvalue weighted by Crippen LogP contribution is -2.29. The highest BCUT2D eigenvalue weighted by Gasteiger charge is 2.22. The third-order valence-electron chi connectivity index (χ3n) is 7.38. The van der Waals surface area contributed by atoms with Gasteiger partial charge in [-0.3, -0.25) is 0 Å². The van der Waals surface area contributed by atoms with E-state index in [9.17, 15) is 5.11 Å². The number of aliphatic hydroxyl groups excluding tert-OH is 1. The van der Waals surface area contributed by atoms with Gasteiger partial charge < -0.3 is 15.7 Å². The number of hydrogen-bond acceptors (Lipinski definition) is 7. The second kappa shape index (κ2) is 10.4. The minimum absolute atomic E-state index is 0.201. The van der Waals surface area contributed by atoms with Crippen molar-refractivity contribution in [3.05, 3.63) is 78.0 Å². The maximum Gasteiger partial charge on any atom is 0.229 e. The third kappa shape index (κ3) is 4.91.